The van der Waals surface area contributed by atoms with Crippen LogP contribution in [-0.2, 0) is 11.3 Å². The molecule has 162 valence electrons. The fourth-order valence-electron chi connectivity index (χ4n) is 3.31. The van der Waals surface area contributed by atoms with Crippen LogP contribution in [-0.4, -0.2) is 16.0 Å². The molecule has 0 bridgehead atoms. The smallest absolute Gasteiger partial charge is 0.267 e. The van der Waals surface area contributed by atoms with E-state index in [1.54, 1.807) is 22.7 Å². The van der Waals surface area contributed by atoms with Gasteiger partial charge in [-0.2, -0.15) is 0 Å². The molecule has 5 rings (SSSR count). The third-order valence-electron chi connectivity index (χ3n) is 4.89. The number of carbonyl (C=O) groups is 1. The monoisotopic (exact) mass is 468 g/mol. The Kier molecular flexibility index (Phi) is 6.46. The van der Waals surface area contributed by atoms with Crippen molar-refractivity contribution in [1.82, 2.24) is 4.90 Å². The van der Waals surface area contributed by atoms with Crippen molar-refractivity contribution in [3.8, 4) is 0 Å². The fourth-order valence-corrected chi connectivity index (χ4v) is 5.09. The number of amides is 1. The maximum atomic E-state index is 13.3. The summed E-state index contributed by atoms with van der Waals surface area (Å²) in [4.78, 5) is 21.5. The standard InChI is InChI=1S/C27H20N2O2S2/c30-26-24(18-22-16-17-25(31-22)32-23-14-8-3-9-15-23)33-27(28-21-12-6-2-7-13-21)29(26)19-20-10-4-1-5-11-20/h1-18H,19H2/b24-18-,28-27?. The van der Waals surface area contributed by atoms with Crippen LogP contribution in [0.25, 0.3) is 6.08 Å². The number of nitrogens with zero attached hydrogens (tertiary/aromatic N) is 2. The number of hydrogen-bond donors (Lipinski definition) is 0. The summed E-state index contributed by atoms with van der Waals surface area (Å²) in [6, 6.07) is 33.5. The van der Waals surface area contributed by atoms with Crippen LogP contribution in [0.4, 0.5) is 5.69 Å². The fraction of sp³-hybridized carbons (Fsp3) is 0.0370. The Morgan fingerprint density at radius 1 is 0.848 bits per heavy atom. The van der Waals surface area contributed by atoms with Gasteiger partial charge < -0.3 is 4.42 Å². The molecule has 1 saturated heterocycles. The molecule has 2 heterocycles. The van der Waals surface area contributed by atoms with E-state index in [2.05, 4.69) is 0 Å². The van der Waals surface area contributed by atoms with Crippen molar-refractivity contribution in [3.63, 3.8) is 0 Å². The largest absolute Gasteiger partial charge is 0.450 e. The molecule has 1 aromatic heterocycles. The zero-order valence-electron chi connectivity index (χ0n) is 17.6. The van der Waals surface area contributed by atoms with E-state index in [0.717, 1.165) is 21.2 Å². The highest BCUT2D eigenvalue weighted by Crippen LogP contribution is 2.36. The molecule has 1 amide bonds. The molecule has 4 aromatic rings. The average Bonchev–Trinajstić information content (AvgIpc) is 3.40. The predicted molar refractivity (Wildman–Crippen MR) is 135 cm³/mol. The van der Waals surface area contributed by atoms with Gasteiger partial charge in [0.05, 0.1) is 17.1 Å². The normalized spacial score (nSPS) is 16.1. The molecule has 0 N–H and O–H groups in total. The summed E-state index contributed by atoms with van der Waals surface area (Å²) in [5.74, 6) is 0.567. The minimum atomic E-state index is -0.0767. The third kappa shape index (κ3) is 5.30. The first-order chi connectivity index (χ1) is 16.2. The van der Waals surface area contributed by atoms with Gasteiger partial charge in [0.25, 0.3) is 5.91 Å². The van der Waals surface area contributed by atoms with Crippen LogP contribution in [0, 0.1) is 0 Å². The molecule has 33 heavy (non-hydrogen) atoms. The second-order valence-corrected chi connectivity index (χ2v) is 9.38. The number of hydrogen-bond acceptors (Lipinski definition) is 5. The van der Waals surface area contributed by atoms with Crippen molar-refractivity contribution < 1.29 is 9.21 Å². The summed E-state index contributed by atoms with van der Waals surface area (Å²) >= 11 is 2.92. The maximum Gasteiger partial charge on any atom is 0.267 e. The van der Waals surface area contributed by atoms with Crippen LogP contribution in [0.5, 0.6) is 0 Å². The Morgan fingerprint density at radius 2 is 1.52 bits per heavy atom. The van der Waals surface area contributed by atoms with Gasteiger partial charge in [0, 0.05) is 11.0 Å². The molecule has 1 aliphatic heterocycles. The van der Waals surface area contributed by atoms with Crippen LogP contribution in [0.3, 0.4) is 0 Å². The Bertz CT molecular complexity index is 1300. The van der Waals surface area contributed by atoms with E-state index < -0.39 is 0 Å². The molecule has 0 spiro atoms. The molecule has 0 aliphatic carbocycles. The topological polar surface area (TPSA) is 45.8 Å². The van der Waals surface area contributed by atoms with Gasteiger partial charge in [0.1, 0.15) is 5.76 Å². The number of aliphatic imine (C=N–C) groups is 1. The lowest BCUT2D eigenvalue weighted by Gasteiger charge is -2.15. The first kappa shape index (κ1) is 21.4. The van der Waals surface area contributed by atoms with Crippen molar-refractivity contribution in [2.75, 3.05) is 0 Å². The number of thioether (sulfide) groups is 1. The number of carbonyl (C=O) groups excluding carboxylic acids is 1. The second-order valence-electron chi connectivity index (χ2n) is 7.29. The minimum Gasteiger partial charge on any atom is -0.450 e. The lowest BCUT2D eigenvalue weighted by molar-refractivity contribution is -0.122. The summed E-state index contributed by atoms with van der Waals surface area (Å²) < 4.78 is 5.97. The van der Waals surface area contributed by atoms with Crippen LogP contribution < -0.4 is 0 Å². The highest BCUT2D eigenvalue weighted by atomic mass is 32.2. The van der Waals surface area contributed by atoms with Crippen LogP contribution in [0.2, 0.25) is 0 Å². The van der Waals surface area contributed by atoms with Gasteiger partial charge in [-0.15, -0.1) is 0 Å². The van der Waals surface area contributed by atoms with Gasteiger partial charge in [-0.05, 0) is 53.7 Å². The summed E-state index contributed by atoms with van der Waals surface area (Å²) in [5.41, 5.74) is 1.86. The lowest BCUT2D eigenvalue weighted by Crippen LogP contribution is -2.28. The Morgan fingerprint density at radius 3 is 2.24 bits per heavy atom. The number of rotatable bonds is 6. The zero-order chi connectivity index (χ0) is 22.5. The van der Waals surface area contributed by atoms with Crippen molar-refractivity contribution in [2.45, 2.75) is 16.5 Å². The highest BCUT2D eigenvalue weighted by molar-refractivity contribution is 8.18. The highest BCUT2D eigenvalue weighted by Gasteiger charge is 2.33. The molecular weight excluding hydrogens is 448 g/mol. The van der Waals surface area contributed by atoms with Crippen molar-refractivity contribution in [3.05, 3.63) is 119 Å². The lowest BCUT2D eigenvalue weighted by atomic mass is 10.2. The van der Waals surface area contributed by atoms with E-state index in [4.69, 9.17) is 9.41 Å². The number of furan rings is 1. The summed E-state index contributed by atoms with van der Waals surface area (Å²) in [6.45, 7) is 0.461. The molecule has 0 unspecified atom stereocenters. The van der Waals surface area contributed by atoms with E-state index in [-0.39, 0.29) is 5.91 Å². The van der Waals surface area contributed by atoms with Crippen LogP contribution >= 0.6 is 23.5 Å². The number of amidine groups is 1. The summed E-state index contributed by atoms with van der Waals surface area (Å²) in [5, 5.41) is 1.44. The van der Waals surface area contributed by atoms with Crippen molar-refractivity contribution in [2.24, 2.45) is 4.99 Å². The van der Waals surface area contributed by atoms with Crippen molar-refractivity contribution >= 4 is 46.4 Å². The molecule has 0 atom stereocenters. The molecule has 6 heteroatoms. The van der Waals surface area contributed by atoms with E-state index in [0.29, 0.717) is 22.4 Å². The average molecular weight is 469 g/mol. The third-order valence-corrected chi connectivity index (χ3v) is 6.82. The first-order valence-electron chi connectivity index (χ1n) is 10.5. The number of para-hydroxylation sites is 1. The molecule has 1 aliphatic rings. The molecule has 0 radical (unpaired) electrons. The quantitative estimate of drug-likeness (QED) is 0.280. The first-order valence-corrected chi connectivity index (χ1v) is 12.1. The van der Waals surface area contributed by atoms with Crippen LogP contribution in [0.15, 0.2) is 127 Å². The molecule has 0 saturated carbocycles. The zero-order valence-corrected chi connectivity index (χ0v) is 19.3. The Balaban J connectivity index is 1.41. The minimum absolute atomic E-state index is 0.0767. The predicted octanol–water partition coefficient (Wildman–Crippen LogP) is 7.24. The molecule has 1 fully saturated rings. The van der Waals surface area contributed by atoms with Gasteiger partial charge in [-0.1, -0.05) is 78.5 Å². The van der Waals surface area contributed by atoms with E-state index in [9.17, 15) is 4.79 Å². The van der Waals surface area contributed by atoms with Gasteiger partial charge in [0.15, 0.2) is 10.3 Å². The van der Waals surface area contributed by atoms with Gasteiger partial charge in [0.2, 0.25) is 0 Å². The van der Waals surface area contributed by atoms with E-state index >= 15 is 0 Å². The van der Waals surface area contributed by atoms with Crippen molar-refractivity contribution in [1.29, 1.82) is 0 Å². The second kappa shape index (κ2) is 9.98. The maximum absolute atomic E-state index is 13.3. The summed E-state index contributed by atoms with van der Waals surface area (Å²) in [6.07, 6.45) is 1.80. The van der Waals surface area contributed by atoms with E-state index in [1.807, 2.05) is 103 Å². The SMILES string of the molecule is O=C1/C(=C/c2ccc(Sc3ccccc3)o2)SC(=Nc2ccccc2)N1Cc1ccccc1. The van der Waals surface area contributed by atoms with Gasteiger partial charge >= 0.3 is 0 Å². The molecular formula is C27H20N2O2S2. The summed E-state index contributed by atoms with van der Waals surface area (Å²) in [7, 11) is 0. The number of benzene rings is 3. The Hall–Kier alpha value is -3.48. The van der Waals surface area contributed by atoms with E-state index in [1.165, 1.54) is 11.8 Å². The Labute approximate surface area is 201 Å². The van der Waals surface area contributed by atoms with Crippen LogP contribution in [0.1, 0.15) is 11.3 Å². The van der Waals surface area contributed by atoms with Gasteiger partial charge in [-0.3, -0.25) is 9.69 Å². The molecule has 3 aromatic carbocycles. The molecule has 4 nitrogen and oxygen atoms in total. The van der Waals surface area contributed by atoms with Gasteiger partial charge in [-0.25, -0.2) is 4.99 Å².